The van der Waals surface area contributed by atoms with E-state index in [1.54, 1.807) is 24.4 Å². The largest absolute Gasteiger partial charge is 0.459 e. The summed E-state index contributed by atoms with van der Waals surface area (Å²) in [6, 6.07) is 13.9. The first kappa shape index (κ1) is 37.5. The fourth-order valence-corrected chi connectivity index (χ4v) is 5.17. The van der Waals surface area contributed by atoms with E-state index in [0.29, 0.717) is 44.6 Å². The third-order valence-electron chi connectivity index (χ3n) is 7.45. The van der Waals surface area contributed by atoms with E-state index in [1.807, 2.05) is 71.9 Å². The number of amides is 1. The number of methoxy groups -OCH3 is 1. The van der Waals surface area contributed by atoms with Crippen molar-refractivity contribution in [3.05, 3.63) is 60.4 Å². The molecule has 0 unspecified atom stereocenters. The number of piperazine rings is 1. The number of aromatic nitrogens is 3. The van der Waals surface area contributed by atoms with Crippen LogP contribution >= 0.6 is 0 Å². The molecule has 1 saturated heterocycles. The minimum atomic E-state index is -0.572. The third kappa shape index (κ3) is 13.2. The van der Waals surface area contributed by atoms with Crippen molar-refractivity contribution in [3.8, 4) is 11.3 Å². The first-order chi connectivity index (χ1) is 23.3. The molecule has 3 heterocycles. The van der Waals surface area contributed by atoms with Crippen molar-refractivity contribution in [2.24, 2.45) is 0 Å². The van der Waals surface area contributed by atoms with Gasteiger partial charge in [-0.3, -0.25) is 14.6 Å². The molecule has 13 heteroatoms. The second-order valence-corrected chi connectivity index (χ2v) is 14.0. The van der Waals surface area contributed by atoms with Crippen molar-refractivity contribution in [1.29, 1.82) is 0 Å². The van der Waals surface area contributed by atoms with Gasteiger partial charge in [0.25, 0.3) is 0 Å². The molecule has 1 aromatic carbocycles. The maximum absolute atomic E-state index is 12.6. The zero-order valence-corrected chi connectivity index (χ0v) is 30.0. The molecule has 0 atom stereocenters. The molecule has 0 bridgehead atoms. The lowest BCUT2D eigenvalue weighted by atomic mass is 10.1. The zero-order chi connectivity index (χ0) is 35.4. The monoisotopic (exact) mass is 676 g/mol. The van der Waals surface area contributed by atoms with Gasteiger partial charge in [0.1, 0.15) is 17.0 Å². The predicted octanol–water partition coefficient (Wildman–Crippen LogP) is 5.04. The molecule has 266 valence electrons. The Kier molecular flexibility index (Phi) is 13.3. The summed E-state index contributed by atoms with van der Waals surface area (Å²) in [6.45, 7) is 17.6. The molecule has 1 aliphatic rings. The summed E-state index contributed by atoms with van der Waals surface area (Å²) in [4.78, 5) is 44.7. The Balaban J connectivity index is 1.27. The fraction of sp³-hybridized carbons (Fsp3) is 0.528. The van der Waals surface area contributed by atoms with Crippen LogP contribution in [0, 0.1) is 0 Å². The van der Waals surface area contributed by atoms with E-state index in [9.17, 15) is 9.59 Å². The van der Waals surface area contributed by atoms with Crippen LogP contribution in [-0.2, 0) is 25.5 Å². The van der Waals surface area contributed by atoms with Crippen LogP contribution in [0.4, 0.5) is 22.2 Å². The fourth-order valence-electron chi connectivity index (χ4n) is 5.17. The molecular formula is C36H52N8O5. The molecule has 1 aliphatic heterocycles. The van der Waals surface area contributed by atoms with Crippen molar-refractivity contribution in [2.45, 2.75) is 59.3 Å². The highest BCUT2D eigenvalue weighted by Gasteiger charge is 2.23. The molecule has 3 aromatic rings. The topological polar surface area (TPSA) is 134 Å². The predicted molar refractivity (Wildman–Crippen MR) is 191 cm³/mol. The number of esters is 1. The maximum Gasteiger partial charge on any atom is 0.410 e. The lowest BCUT2D eigenvalue weighted by Crippen LogP contribution is -2.48. The van der Waals surface area contributed by atoms with Crippen LogP contribution < -0.4 is 10.6 Å². The number of carbonyl (C=O) groups is 2. The number of hydrogen-bond donors (Lipinski definition) is 2. The summed E-state index contributed by atoms with van der Waals surface area (Å²) in [6.07, 6.45) is 3.11. The lowest BCUT2D eigenvalue weighted by Gasteiger charge is -2.34. The lowest BCUT2D eigenvalue weighted by molar-refractivity contribution is -0.156. The molecule has 49 heavy (non-hydrogen) atoms. The van der Waals surface area contributed by atoms with Crippen LogP contribution in [0.3, 0.4) is 0 Å². The van der Waals surface area contributed by atoms with Crippen molar-refractivity contribution < 1.29 is 23.8 Å². The van der Waals surface area contributed by atoms with Crippen molar-refractivity contribution >= 4 is 29.5 Å². The SMILES string of the molecule is COCCN(CCNc1ccc(-c2ccnc(Nc3cccc(CN4CCN(CC(=O)OC(C)(C)C)CC4)c3)n2)cn1)C(=O)OC(C)(C)C. The Labute approximate surface area is 290 Å². The van der Waals surface area contributed by atoms with Crippen molar-refractivity contribution in [3.63, 3.8) is 0 Å². The van der Waals surface area contributed by atoms with Crippen LogP contribution in [0.25, 0.3) is 11.3 Å². The van der Waals surface area contributed by atoms with Gasteiger partial charge >= 0.3 is 12.1 Å². The summed E-state index contributed by atoms with van der Waals surface area (Å²) in [7, 11) is 1.61. The van der Waals surface area contributed by atoms with Gasteiger partial charge in [-0.05, 0) is 77.4 Å². The van der Waals surface area contributed by atoms with Gasteiger partial charge in [-0.15, -0.1) is 0 Å². The number of ether oxygens (including phenoxy) is 3. The van der Waals surface area contributed by atoms with Gasteiger partial charge in [0.05, 0.1) is 18.8 Å². The Morgan fingerprint density at radius 1 is 0.898 bits per heavy atom. The van der Waals surface area contributed by atoms with Crippen LogP contribution in [0.15, 0.2) is 54.9 Å². The molecule has 0 saturated carbocycles. The molecule has 4 rings (SSSR count). The van der Waals surface area contributed by atoms with E-state index in [1.165, 1.54) is 5.56 Å². The number of benzene rings is 1. The number of pyridine rings is 1. The molecule has 13 nitrogen and oxygen atoms in total. The average Bonchev–Trinajstić information content (AvgIpc) is 3.02. The third-order valence-corrected chi connectivity index (χ3v) is 7.45. The van der Waals surface area contributed by atoms with Crippen molar-refractivity contribution in [1.82, 2.24) is 29.7 Å². The molecule has 0 radical (unpaired) electrons. The van der Waals surface area contributed by atoms with Crippen molar-refractivity contribution in [2.75, 3.05) is 76.7 Å². The normalized spacial score (nSPS) is 14.3. The number of nitrogens with zero attached hydrogens (tertiary/aromatic N) is 6. The van der Waals surface area contributed by atoms with E-state index in [2.05, 4.69) is 42.5 Å². The quantitative estimate of drug-likeness (QED) is 0.222. The first-order valence-corrected chi connectivity index (χ1v) is 16.8. The number of rotatable bonds is 14. The molecule has 2 N–H and O–H groups in total. The Hall–Kier alpha value is -4.33. The summed E-state index contributed by atoms with van der Waals surface area (Å²) in [5.41, 5.74) is 2.65. The van der Waals surface area contributed by atoms with E-state index < -0.39 is 11.2 Å². The number of hydrogen-bond acceptors (Lipinski definition) is 12. The van der Waals surface area contributed by atoms with Crippen LogP contribution in [0.2, 0.25) is 0 Å². The summed E-state index contributed by atoms with van der Waals surface area (Å²) < 4.78 is 16.2. The second-order valence-electron chi connectivity index (χ2n) is 14.0. The van der Waals surface area contributed by atoms with Gasteiger partial charge < -0.3 is 29.7 Å². The van der Waals surface area contributed by atoms with E-state index in [4.69, 9.17) is 19.2 Å². The van der Waals surface area contributed by atoms with E-state index in [-0.39, 0.29) is 12.1 Å². The molecule has 0 spiro atoms. The van der Waals surface area contributed by atoms with Crippen LogP contribution in [0.5, 0.6) is 0 Å². The minimum absolute atomic E-state index is 0.175. The highest BCUT2D eigenvalue weighted by atomic mass is 16.6. The summed E-state index contributed by atoms with van der Waals surface area (Å²) in [5.74, 6) is 1.00. The van der Waals surface area contributed by atoms with Gasteiger partial charge in [-0.2, -0.15) is 0 Å². The average molecular weight is 677 g/mol. The van der Waals surface area contributed by atoms with Gasteiger partial charge in [-0.25, -0.2) is 19.7 Å². The smallest absolute Gasteiger partial charge is 0.410 e. The van der Waals surface area contributed by atoms with Crippen LogP contribution in [-0.4, -0.2) is 119 Å². The maximum atomic E-state index is 12.6. The Morgan fingerprint density at radius 2 is 1.63 bits per heavy atom. The van der Waals surface area contributed by atoms with Gasteiger partial charge in [0, 0.05) is 83.1 Å². The van der Waals surface area contributed by atoms with Crippen LogP contribution in [0.1, 0.15) is 47.1 Å². The molecule has 1 fully saturated rings. The van der Waals surface area contributed by atoms with E-state index in [0.717, 1.165) is 49.7 Å². The second kappa shape index (κ2) is 17.4. The summed E-state index contributed by atoms with van der Waals surface area (Å²) >= 11 is 0. The van der Waals surface area contributed by atoms with E-state index >= 15 is 0 Å². The molecular weight excluding hydrogens is 624 g/mol. The Bertz CT molecular complexity index is 1500. The standard InChI is InChI=1S/C36H52N8O5/c1-35(2,3)48-32(45)26-43-19-17-42(18-20-43)25-27-9-8-10-29(23-27)40-33-38-14-13-30(41-33)28-11-12-31(39-24-28)37-15-16-44(21-22-47-7)34(46)49-36(4,5)6/h8-14,23-24H,15-22,25-26H2,1-7H3,(H,37,39)(H,38,40,41). The van der Waals surface area contributed by atoms with Gasteiger partial charge in [-0.1, -0.05) is 12.1 Å². The molecule has 1 amide bonds. The molecule has 2 aromatic heterocycles. The number of carbonyl (C=O) groups excluding carboxylic acids is 2. The van der Waals surface area contributed by atoms with Gasteiger partial charge in [0.15, 0.2) is 0 Å². The summed E-state index contributed by atoms with van der Waals surface area (Å²) in [5, 5.41) is 6.61. The highest BCUT2D eigenvalue weighted by molar-refractivity contribution is 5.72. The number of anilines is 3. The molecule has 0 aliphatic carbocycles. The Morgan fingerprint density at radius 3 is 2.31 bits per heavy atom. The minimum Gasteiger partial charge on any atom is -0.459 e. The first-order valence-electron chi connectivity index (χ1n) is 16.8. The highest BCUT2D eigenvalue weighted by Crippen LogP contribution is 2.21. The zero-order valence-electron chi connectivity index (χ0n) is 30.0. The van der Waals surface area contributed by atoms with Gasteiger partial charge in [0.2, 0.25) is 5.95 Å². The number of nitrogens with one attached hydrogen (secondary N) is 2.